The topological polar surface area (TPSA) is 41.1 Å². The van der Waals surface area contributed by atoms with E-state index in [1.165, 1.54) is 0 Å². The lowest BCUT2D eigenvalue weighted by molar-refractivity contribution is 0.0919. The van der Waals surface area contributed by atoms with Gasteiger partial charge in [-0.15, -0.1) is 0 Å². The fourth-order valence-electron chi connectivity index (χ4n) is 2.34. The molecule has 4 heteroatoms. The van der Waals surface area contributed by atoms with Crippen LogP contribution in [0.3, 0.4) is 0 Å². The summed E-state index contributed by atoms with van der Waals surface area (Å²) in [7, 11) is 0. The molecule has 0 spiro atoms. The molecule has 1 aliphatic heterocycles. The van der Waals surface area contributed by atoms with Crippen molar-refractivity contribution < 1.29 is 4.79 Å². The summed E-state index contributed by atoms with van der Waals surface area (Å²) in [4.78, 5) is 12.3. The monoisotopic (exact) mass is 358 g/mol. The third kappa shape index (κ3) is 3.03. The molecule has 2 rings (SSSR count). The average molecular weight is 358 g/mol. The molecule has 98 valence electrons. The van der Waals surface area contributed by atoms with Crippen LogP contribution in [0.5, 0.6) is 0 Å². The van der Waals surface area contributed by atoms with Crippen molar-refractivity contribution in [2.24, 2.45) is 0 Å². The summed E-state index contributed by atoms with van der Waals surface area (Å²) in [6.07, 6.45) is 2.18. The third-order valence-corrected chi connectivity index (χ3v) is 4.76. The molecule has 18 heavy (non-hydrogen) atoms. The zero-order valence-electron chi connectivity index (χ0n) is 10.8. The second-order valence-electron chi connectivity index (χ2n) is 4.88. The summed E-state index contributed by atoms with van der Waals surface area (Å²) in [6, 6.07) is 6.45. The summed E-state index contributed by atoms with van der Waals surface area (Å²) < 4.78 is 1.13. The second-order valence-corrected chi connectivity index (χ2v) is 6.04. The summed E-state index contributed by atoms with van der Waals surface area (Å²) >= 11 is 2.27. The van der Waals surface area contributed by atoms with Crippen molar-refractivity contribution in [1.29, 1.82) is 0 Å². The minimum atomic E-state index is 0.0477. The maximum atomic E-state index is 12.3. The normalized spacial score (nSPS) is 23.7. The van der Waals surface area contributed by atoms with Crippen molar-refractivity contribution in [3.8, 4) is 0 Å². The second kappa shape index (κ2) is 6.02. The Morgan fingerprint density at radius 1 is 1.50 bits per heavy atom. The Kier molecular flexibility index (Phi) is 4.61. The smallest absolute Gasteiger partial charge is 0.251 e. The van der Waals surface area contributed by atoms with Crippen molar-refractivity contribution in [2.75, 3.05) is 6.54 Å². The van der Waals surface area contributed by atoms with Gasteiger partial charge in [-0.1, -0.05) is 6.07 Å². The number of nitrogens with one attached hydrogen (secondary N) is 2. The van der Waals surface area contributed by atoms with Crippen molar-refractivity contribution in [3.63, 3.8) is 0 Å². The van der Waals surface area contributed by atoms with Crippen molar-refractivity contribution in [1.82, 2.24) is 10.6 Å². The molecule has 2 atom stereocenters. The molecule has 1 heterocycles. The van der Waals surface area contributed by atoms with Crippen LogP contribution in [0, 0.1) is 10.5 Å². The van der Waals surface area contributed by atoms with Crippen molar-refractivity contribution in [3.05, 3.63) is 32.9 Å². The summed E-state index contributed by atoms with van der Waals surface area (Å²) in [6.45, 7) is 5.18. The SMILES string of the molecule is Cc1c(I)cccc1C(=O)NC1CCCNC1C. The van der Waals surface area contributed by atoms with Gasteiger partial charge in [0.2, 0.25) is 0 Å². The highest BCUT2D eigenvalue weighted by molar-refractivity contribution is 14.1. The Labute approximate surface area is 122 Å². The lowest BCUT2D eigenvalue weighted by atomic mass is 9.99. The highest BCUT2D eigenvalue weighted by Crippen LogP contribution is 2.17. The van der Waals surface area contributed by atoms with Crippen molar-refractivity contribution >= 4 is 28.5 Å². The van der Waals surface area contributed by atoms with Gasteiger partial charge in [0.1, 0.15) is 0 Å². The van der Waals surface area contributed by atoms with E-state index in [4.69, 9.17) is 0 Å². The van der Waals surface area contributed by atoms with Gasteiger partial charge >= 0.3 is 0 Å². The van der Waals surface area contributed by atoms with E-state index in [1.54, 1.807) is 0 Å². The highest BCUT2D eigenvalue weighted by atomic mass is 127. The first-order valence-electron chi connectivity index (χ1n) is 6.39. The number of piperidine rings is 1. The molecule has 3 nitrogen and oxygen atoms in total. The highest BCUT2D eigenvalue weighted by Gasteiger charge is 2.23. The number of benzene rings is 1. The number of rotatable bonds is 2. The van der Waals surface area contributed by atoms with E-state index in [2.05, 4.69) is 40.1 Å². The first-order valence-corrected chi connectivity index (χ1v) is 7.47. The van der Waals surface area contributed by atoms with E-state index in [0.717, 1.165) is 34.1 Å². The fraction of sp³-hybridized carbons (Fsp3) is 0.500. The van der Waals surface area contributed by atoms with Gasteiger partial charge in [-0.3, -0.25) is 4.79 Å². The van der Waals surface area contributed by atoms with Crippen LogP contribution in [0.2, 0.25) is 0 Å². The van der Waals surface area contributed by atoms with Crippen LogP contribution in [0.4, 0.5) is 0 Å². The fourth-order valence-corrected chi connectivity index (χ4v) is 2.84. The average Bonchev–Trinajstić information content (AvgIpc) is 2.35. The van der Waals surface area contributed by atoms with Crippen LogP contribution in [-0.4, -0.2) is 24.5 Å². The van der Waals surface area contributed by atoms with Crippen LogP contribution in [0.15, 0.2) is 18.2 Å². The standard InChI is InChI=1S/C14H19IN2O/c1-9-11(5-3-6-12(9)15)14(18)17-13-7-4-8-16-10(13)2/h3,5-6,10,13,16H,4,7-8H2,1-2H3,(H,17,18). The summed E-state index contributed by atoms with van der Waals surface area (Å²) in [5.74, 6) is 0.0477. The summed E-state index contributed by atoms with van der Waals surface area (Å²) in [5, 5.41) is 6.55. The molecular weight excluding hydrogens is 339 g/mol. The van der Waals surface area contributed by atoms with Gasteiger partial charge in [-0.25, -0.2) is 0 Å². The maximum absolute atomic E-state index is 12.3. The van der Waals surface area contributed by atoms with E-state index in [1.807, 2.05) is 25.1 Å². The van der Waals surface area contributed by atoms with Gasteiger partial charge in [0, 0.05) is 21.2 Å². The van der Waals surface area contributed by atoms with Gasteiger partial charge in [0.05, 0.1) is 0 Å². The van der Waals surface area contributed by atoms with E-state index in [-0.39, 0.29) is 11.9 Å². The molecular formula is C14H19IN2O. The minimum Gasteiger partial charge on any atom is -0.348 e. The van der Waals surface area contributed by atoms with Crippen LogP contribution >= 0.6 is 22.6 Å². The van der Waals surface area contributed by atoms with Gasteiger partial charge in [-0.2, -0.15) is 0 Å². The predicted octanol–water partition coefficient (Wildman–Crippen LogP) is 2.47. The molecule has 2 N–H and O–H groups in total. The Morgan fingerprint density at radius 3 is 3.00 bits per heavy atom. The molecule has 1 saturated heterocycles. The van der Waals surface area contributed by atoms with Crippen LogP contribution < -0.4 is 10.6 Å². The maximum Gasteiger partial charge on any atom is 0.251 e. The number of carbonyl (C=O) groups excluding carboxylic acids is 1. The van der Waals surface area contributed by atoms with E-state index in [0.29, 0.717) is 6.04 Å². The van der Waals surface area contributed by atoms with Gasteiger partial charge < -0.3 is 10.6 Å². The van der Waals surface area contributed by atoms with Gasteiger partial charge in [-0.05, 0) is 73.5 Å². The molecule has 0 aliphatic carbocycles. The summed E-state index contributed by atoms with van der Waals surface area (Å²) in [5.41, 5.74) is 1.85. The molecule has 1 aromatic carbocycles. The van der Waals surface area contributed by atoms with Gasteiger partial charge in [0.15, 0.2) is 0 Å². The zero-order chi connectivity index (χ0) is 13.1. The number of hydrogen-bond acceptors (Lipinski definition) is 2. The van der Waals surface area contributed by atoms with E-state index in [9.17, 15) is 4.79 Å². The molecule has 1 amide bonds. The molecule has 0 radical (unpaired) electrons. The quantitative estimate of drug-likeness (QED) is 0.798. The van der Waals surface area contributed by atoms with Crippen LogP contribution in [0.1, 0.15) is 35.7 Å². The van der Waals surface area contributed by atoms with E-state index < -0.39 is 0 Å². The Balaban J connectivity index is 2.09. The van der Waals surface area contributed by atoms with Gasteiger partial charge in [0.25, 0.3) is 5.91 Å². The molecule has 0 saturated carbocycles. The third-order valence-electron chi connectivity index (χ3n) is 3.59. The zero-order valence-corrected chi connectivity index (χ0v) is 13.0. The predicted molar refractivity (Wildman–Crippen MR) is 81.8 cm³/mol. The van der Waals surface area contributed by atoms with E-state index >= 15 is 0 Å². The lowest BCUT2D eigenvalue weighted by Crippen LogP contribution is -2.52. The number of amides is 1. The first-order chi connectivity index (χ1) is 8.59. The first kappa shape index (κ1) is 13.8. The Hall–Kier alpha value is -0.620. The Morgan fingerprint density at radius 2 is 2.28 bits per heavy atom. The molecule has 0 aromatic heterocycles. The number of carbonyl (C=O) groups is 1. The molecule has 1 aromatic rings. The molecule has 0 bridgehead atoms. The van der Waals surface area contributed by atoms with Crippen LogP contribution in [-0.2, 0) is 0 Å². The number of hydrogen-bond donors (Lipinski definition) is 2. The Bertz CT molecular complexity index is 447. The molecule has 1 fully saturated rings. The largest absolute Gasteiger partial charge is 0.348 e. The van der Waals surface area contributed by atoms with Crippen LogP contribution in [0.25, 0.3) is 0 Å². The molecule has 2 unspecified atom stereocenters. The number of halogens is 1. The minimum absolute atomic E-state index is 0.0477. The lowest BCUT2D eigenvalue weighted by Gasteiger charge is -2.30. The van der Waals surface area contributed by atoms with Crippen molar-refractivity contribution in [2.45, 2.75) is 38.8 Å². The molecule has 1 aliphatic rings.